The van der Waals surface area contributed by atoms with Gasteiger partial charge in [-0.15, -0.1) is 11.3 Å². The van der Waals surface area contributed by atoms with Gasteiger partial charge in [0.05, 0.1) is 5.39 Å². The number of esters is 1. The van der Waals surface area contributed by atoms with E-state index >= 15 is 0 Å². The van der Waals surface area contributed by atoms with Gasteiger partial charge in [-0.05, 0) is 28.8 Å². The van der Waals surface area contributed by atoms with Crippen molar-refractivity contribution in [3.8, 4) is 5.75 Å². The van der Waals surface area contributed by atoms with Gasteiger partial charge in [-0.2, -0.15) is 0 Å². The Morgan fingerprint density at radius 2 is 1.70 bits per heavy atom. The topological polar surface area (TPSA) is 118 Å². The van der Waals surface area contributed by atoms with Gasteiger partial charge >= 0.3 is 12.1 Å². The number of rotatable bonds is 12. The fourth-order valence-corrected chi connectivity index (χ4v) is 4.40. The molecule has 200 valence electrons. The lowest BCUT2D eigenvalue weighted by Gasteiger charge is -2.25. The molecule has 0 radical (unpaired) electrons. The van der Waals surface area contributed by atoms with Crippen LogP contribution in [-0.2, 0) is 19.1 Å². The first-order valence-electron chi connectivity index (χ1n) is 11.8. The van der Waals surface area contributed by atoms with E-state index in [1.807, 2.05) is 60.0 Å². The molecule has 2 N–H and O–H groups in total. The summed E-state index contributed by atoms with van der Waals surface area (Å²) in [6.45, 7) is 4.96. The van der Waals surface area contributed by atoms with Gasteiger partial charge < -0.3 is 19.1 Å². The fraction of sp³-hybridized carbons (Fsp3) is 0.385. The summed E-state index contributed by atoms with van der Waals surface area (Å²) in [6.07, 6.45) is -3.01. The standard InChI is InChI=1S/C26H32N2O8S/c1-17(2)24(36-28(31)32)25(29)33-18(3)34-26(30)27(4)15-14-22(23-13-8-16-37-23)35-21-12-7-10-19-9-5-6-11-20(19)21/h5-13,16-18,22,24,31-32H,14-15H2,1-4H3/t18?,22-,24-/m0/s1. The minimum atomic E-state index is -1.30. The third-order valence-electron chi connectivity index (χ3n) is 5.51. The van der Waals surface area contributed by atoms with Gasteiger partial charge in [-0.3, -0.25) is 10.4 Å². The third-order valence-corrected chi connectivity index (χ3v) is 6.48. The number of carbonyl (C=O) groups excluding carboxylic acids is 2. The highest BCUT2D eigenvalue weighted by atomic mass is 32.1. The second-order valence-electron chi connectivity index (χ2n) is 8.72. The van der Waals surface area contributed by atoms with E-state index in [4.69, 9.17) is 24.6 Å². The number of fused-ring (bicyclic) bond motifs is 1. The van der Waals surface area contributed by atoms with E-state index in [0.29, 0.717) is 13.0 Å². The zero-order valence-electron chi connectivity index (χ0n) is 21.1. The number of nitrogens with zero attached hydrogens (tertiary/aromatic N) is 2. The predicted molar refractivity (Wildman–Crippen MR) is 136 cm³/mol. The minimum Gasteiger partial charge on any atom is -0.484 e. The first-order chi connectivity index (χ1) is 17.7. The van der Waals surface area contributed by atoms with Crippen LogP contribution in [0.2, 0.25) is 0 Å². The molecule has 0 fully saturated rings. The van der Waals surface area contributed by atoms with Crippen molar-refractivity contribution >= 4 is 34.2 Å². The second kappa shape index (κ2) is 13.4. The van der Waals surface area contributed by atoms with Gasteiger partial charge in [0, 0.05) is 37.2 Å². The molecular weight excluding hydrogens is 500 g/mol. The Hall–Kier alpha value is -3.22. The molecule has 11 heteroatoms. The van der Waals surface area contributed by atoms with Crippen LogP contribution >= 0.6 is 11.3 Å². The molecule has 2 aromatic carbocycles. The highest BCUT2D eigenvalue weighted by Gasteiger charge is 2.30. The van der Waals surface area contributed by atoms with Crippen LogP contribution in [0.15, 0.2) is 60.0 Å². The molecule has 3 rings (SSSR count). The van der Waals surface area contributed by atoms with Gasteiger partial charge in [0.1, 0.15) is 11.9 Å². The molecule has 1 unspecified atom stereocenters. The van der Waals surface area contributed by atoms with E-state index in [2.05, 4.69) is 4.84 Å². The SMILES string of the molecule is CC(OC(=O)[C@@H](ON(O)O)C(C)C)OC(=O)N(C)CC[C@H](Oc1cccc2ccccc12)c1cccs1. The molecule has 3 aromatic rings. The molecule has 0 aliphatic carbocycles. The molecule has 0 saturated carbocycles. The molecule has 1 amide bonds. The Balaban J connectivity index is 1.59. The fourth-order valence-electron chi connectivity index (χ4n) is 3.61. The van der Waals surface area contributed by atoms with Gasteiger partial charge in [0.2, 0.25) is 6.29 Å². The minimum absolute atomic E-state index is 0.292. The first kappa shape index (κ1) is 28.4. The molecule has 0 aliphatic heterocycles. The highest BCUT2D eigenvalue weighted by molar-refractivity contribution is 7.10. The van der Waals surface area contributed by atoms with Gasteiger partial charge in [0.15, 0.2) is 6.10 Å². The van der Waals surface area contributed by atoms with E-state index in [1.165, 1.54) is 11.8 Å². The molecule has 1 heterocycles. The monoisotopic (exact) mass is 532 g/mol. The Kier molecular flexibility index (Phi) is 10.2. The lowest BCUT2D eigenvalue weighted by atomic mass is 10.1. The van der Waals surface area contributed by atoms with E-state index in [-0.39, 0.29) is 6.10 Å². The van der Waals surface area contributed by atoms with Crippen LogP contribution in [0, 0.1) is 5.92 Å². The average molecular weight is 533 g/mol. The van der Waals surface area contributed by atoms with Crippen molar-refractivity contribution in [2.45, 2.75) is 45.7 Å². The zero-order chi connectivity index (χ0) is 26.9. The van der Waals surface area contributed by atoms with Crippen LogP contribution < -0.4 is 4.74 Å². The molecule has 0 spiro atoms. The first-order valence-corrected chi connectivity index (χ1v) is 12.7. The predicted octanol–water partition coefficient (Wildman–Crippen LogP) is 5.41. The molecule has 0 saturated heterocycles. The van der Waals surface area contributed by atoms with Crippen molar-refractivity contribution in [3.05, 3.63) is 64.9 Å². The van der Waals surface area contributed by atoms with Crippen molar-refractivity contribution in [2.75, 3.05) is 13.6 Å². The summed E-state index contributed by atoms with van der Waals surface area (Å²) in [5.41, 5.74) is 0. The number of ether oxygens (including phenoxy) is 3. The lowest BCUT2D eigenvalue weighted by Crippen LogP contribution is -2.39. The molecule has 0 bridgehead atoms. The van der Waals surface area contributed by atoms with E-state index in [9.17, 15) is 9.59 Å². The van der Waals surface area contributed by atoms with E-state index < -0.39 is 35.8 Å². The lowest BCUT2D eigenvalue weighted by molar-refractivity contribution is -0.504. The maximum atomic E-state index is 12.6. The number of hydrogen-bond acceptors (Lipinski definition) is 10. The van der Waals surface area contributed by atoms with Crippen molar-refractivity contribution in [1.82, 2.24) is 10.3 Å². The van der Waals surface area contributed by atoms with Crippen LogP contribution in [0.25, 0.3) is 10.8 Å². The molecular formula is C26H32N2O8S. The summed E-state index contributed by atoms with van der Waals surface area (Å²) in [6, 6.07) is 17.8. The Labute approximate surface area is 219 Å². The average Bonchev–Trinajstić information content (AvgIpc) is 3.39. The summed E-state index contributed by atoms with van der Waals surface area (Å²) in [7, 11) is 1.58. The zero-order valence-corrected chi connectivity index (χ0v) is 22.0. The number of carbonyl (C=O) groups is 2. The van der Waals surface area contributed by atoms with Crippen LogP contribution in [0.4, 0.5) is 4.79 Å². The summed E-state index contributed by atoms with van der Waals surface area (Å²) >= 11 is 1.57. The number of benzene rings is 2. The maximum Gasteiger partial charge on any atom is 0.412 e. The Morgan fingerprint density at radius 3 is 2.38 bits per heavy atom. The smallest absolute Gasteiger partial charge is 0.412 e. The van der Waals surface area contributed by atoms with Gasteiger partial charge in [-0.25, -0.2) is 14.4 Å². The number of thiophene rings is 1. The van der Waals surface area contributed by atoms with Crippen LogP contribution in [0.3, 0.4) is 0 Å². The molecule has 3 atom stereocenters. The Morgan fingerprint density at radius 1 is 0.973 bits per heavy atom. The van der Waals surface area contributed by atoms with Crippen molar-refractivity contribution in [1.29, 1.82) is 0 Å². The summed E-state index contributed by atoms with van der Waals surface area (Å²) in [5, 5.41) is 21.2. The van der Waals surface area contributed by atoms with Crippen LogP contribution in [0.1, 0.15) is 38.2 Å². The summed E-state index contributed by atoms with van der Waals surface area (Å²) < 4.78 is 16.7. The largest absolute Gasteiger partial charge is 0.484 e. The number of amides is 1. The molecule has 1 aromatic heterocycles. The molecule has 37 heavy (non-hydrogen) atoms. The van der Waals surface area contributed by atoms with Crippen molar-refractivity contribution in [2.24, 2.45) is 5.92 Å². The molecule has 0 aliphatic rings. The van der Waals surface area contributed by atoms with Crippen molar-refractivity contribution in [3.63, 3.8) is 0 Å². The third kappa shape index (κ3) is 8.14. The van der Waals surface area contributed by atoms with E-state index in [0.717, 1.165) is 21.4 Å². The quantitative estimate of drug-likeness (QED) is 0.179. The Bertz CT molecular complexity index is 1150. The summed E-state index contributed by atoms with van der Waals surface area (Å²) in [4.78, 5) is 31.9. The molecule has 10 nitrogen and oxygen atoms in total. The van der Waals surface area contributed by atoms with Crippen LogP contribution in [-0.4, -0.2) is 58.8 Å². The van der Waals surface area contributed by atoms with Crippen molar-refractivity contribution < 1.29 is 39.1 Å². The highest BCUT2D eigenvalue weighted by Crippen LogP contribution is 2.33. The van der Waals surface area contributed by atoms with Crippen LogP contribution in [0.5, 0.6) is 5.75 Å². The summed E-state index contributed by atoms with van der Waals surface area (Å²) in [5.74, 6) is -0.586. The van der Waals surface area contributed by atoms with Gasteiger partial charge in [0.25, 0.3) is 0 Å². The number of hydrogen-bond donors (Lipinski definition) is 2. The maximum absolute atomic E-state index is 12.6. The van der Waals surface area contributed by atoms with Gasteiger partial charge in [-0.1, -0.05) is 56.3 Å². The normalized spacial score (nSPS) is 13.8. The second-order valence-corrected chi connectivity index (χ2v) is 9.70. The van der Waals surface area contributed by atoms with E-state index in [1.54, 1.807) is 32.2 Å².